The Kier molecular flexibility index (Phi) is 8.43. The number of hydrogen-bond donors (Lipinski definition) is 3. The molecule has 3 aromatic rings. The zero-order valence-electron chi connectivity index (χ0n) is 23.6. The van der Waals surface area contributed by atoms with Crippen molar-refractivity contribution >= 4 is 38.4 Å². The maximum atomic E-state index is 13.1. The van der Waals surface area contributed by atoms with E-state index in [2.05, 4.69) is 26.3 Å². The SMILES string of the molecule is COc1c(NC(=O)Oc2cc3cccc(CN4CCCNCC4)c3n2C)cc(C(C)(C)C)cc1NS(C)(=O)=O. The predicted octanol–water partition coefficient (Wildman–Crippen LogP) is 4.26. The number of carbonyl (C=O) groups is 1. The third kappa shape index (κ3) is 7.03. The van der Waals surface area contributed by atoms with Gasteiger partial charge in [-0.25, -0.2) is 13.2 Å². The summed E-state index contributed by atoms with van der Waals surface area (Å²) >= 11 is 0. The van der Waals surface area contributed by atoms with Gasteiger partial charge < -0.3 is 19.4 Å². The molecule has 2 heterocycles. The number of nitrogens with zero attached hydrogens (tertiary/aromatic N) is 2. The third-order valence-corrected chi connectivity index (χ3v) is 7.40. The minimum atomic E-state index is -3.59. The van der Waals surface area contributed by atoms with Gasteiger partial charge >= 0.3 is 6.09 Å². The van der Waals surface area contributed by atoms with Crippen molar-refractivity contribution in [3.8, 4) is 11.6 Å². The summed E-state index contributed by atoms with van der Waals surface area (Å²) in [5, 5.41) is 7.18. The molecule has 1 fully saturated rings. The smallest absolute Gasteiger partial charge is 0.418 e. The molecule has 1 aliphatic heterocycles. The van der Waals surface area contributed by atoms with Gasteiger partial charge in [-0.1, -0.05) is 39.0 Å². The molecule has 10 nitrogen and oxygen atoms in total. The number of rotatable bonds is 7. The molecule has 0 spiro atoms. The molecular weight excluding hydrogens is 518 g/mol. The van der Waals surface area contributed by atoms with Crippen molar-refractivity contribution in [2.45, 2.75) is 39.2 Å². The van der Waals surface area contributed by atoms with Gasteiger partial charge in [0.1, 0.15) is 0 Å². The molecular formula is C28H39N5O5S. The molecule has 1 amide bonds. The first-order valence-electron chi connectivity index (χ1n) is 13.1. The van der Waals surface area contributed by atoms with Crippen LogP contribution in [0.5, 0.6) is 11.6 Å². The molecule has 0 radical (unpaired) electrons. The molecule has 1 aromatic heterocycles. The van der Waals surface area contributed by atoms with Gasteiger partial charge in [-0.05, 0) is 48.2 Å². The van der Waals surface area contributed by atoms with E-state index in [0.717, 1.165) is 61.9 Å². The number of methoxy groups -OCH3 is 1. The lowest BCUT2D eigenvalue weighted by molar-refractivity contribution is 0.212. The number of aryl methyl sites for hydroxylation is 1. The fourth-order valence-electron chi connectivity index (χ4n) is 4.88. The molecule has 1 saturated heterocycles. The molecule has 0 saturated carbocycles. The summed E-state index contributed by atoms with van der Waals surface area (Å²) < 4.78 is 39.7. The van der Waals surface area contributed by atoms with Crippen molar-refractivity contribution in [3.05, 3.63) is 47.5 Å². The van der Waals surface area contributed by atoms with E-state index in [9.17, 15) is 13.2 Å². The Morgan fingerprint density at radius 2 is 1.85 bits per heavy atom. The third-order valence-electron chi connectivity index (χ3n) is 6.81. The fraction of sp³-hybridized carbons (Fsp3) is 0.464. The van der Waals surface area contributed by atoms with E-state index in [1.54, 1.807) is 12.1 Å². The Hall–Kier alpha value is -3.28. The van der Waals surface area contributed by atoms with Gasteiger partial charge in [-0.15, -0.1) is 0 Å². The summed E-state index contributed by atoms with van der Waals surface area (Å²) in [6.45, 7) is 10.8. The number of fused-ring (bicyclic) bond motifs is 1. The van der Waals surface area contributed by atoms with Crippen LogP contribution >= 0.6 is 0 Å². The quantitative estimate of drug-likeness (QED) is 0.398. The maximum Gasteiger partial charge on any atom is 0.418 e. The van der Waals surface area contributed by atoms with Crippen molar-refractivity contribution < 1.29 is 22.7 Å². The molecule has 4 rings (SSSR count). The summed E-state index contributed by atoms with van der Waals surface area (Å²) in [6, 6.07) is 11.5. The van der Waals surface area contributed by atoms with Crippen LogP contribution in [-0.4, -0.2) is 63.5 Å². The lowest BCUT2D eigenvalue weighted by Crippen LogP contribution is -2.27. The minimum Gasteiger partial charge on any atom is -0.492 e. The number of anilines is 2. The van der Waals surface area contributed by atoms with Crippen molar-refractivity contribution in [2.24, 2.45) is 7.05 Å². The first-order chi connectivity index (χ1) is 18.4. The Balaban J connectivity index is 1.61. The highest BCUT2D eigenvalue weighted by atomic mass is 32.2. The van der Waals surface area contributed by atoms with E-state index >= 15 is 0 Å². The van der Waals surface area contributed by atoms with Gasteiger partial charge in [0, 0.05) is 38.1 Å². The van der Waals surface area contributed by atoms with Crippen LogP contribution in [0.1, 0.15) is 38.3 Å². The van der Waals surface area contributed by atoms with E-state index in [-0.39, 0.29) is 16.9 Å². The van der Waals surface area contributed by atoms with Crippen molar-refractivity contribution in [2.75, 3.05) is 49.6 Å². The molecule has 39 heavy (non-hydrogen) atoms. The molecule has 1 aliphatic rings. The molecule has 0 aliphatic carbocycles. The average molecular weight is 558 g/mol. The molecule has 2 aromatic carbocycles. The molecule has 0 atom stereocenters. The van der Waals surface area contributed by atoms with Gasteiger partial charge in [0.15, 0.2) is 5.75 Å². The highest BCUT2D eigenvalue weighted by Gasteiger charge is 2.23. The number of sulfonamides is 1. The minimum absolute atomic E-state index is 0.191. The average Bonchev–Trinajstić information content (AvgIpc) is 2.98. The second-order valence-electron chi connectivity index (χ2n) is 11.0. The number of nitrogens with one attached hydrogen (secondary N) is 3. The van der Waals surface area contributed by atoms with Crippen LogP contribution < -0.4 is 24.8 Å². The zero-order valence-corrected chi connectivity index (χ0v) is 24.4. The Bertz CT molecular complexity index is 1450. The highest BCUT2D eigenvalue weighted by Crippen LogP contribution is 2.39. The second kappa shape index (κ2) is 11.4. The van der Waals surface area contributed by atoms with Gasteiger partial charge in [-0.2, -0.15) is 0 Å². The highest BCUT2D eigenvalue weighted by molar-refractivity contribution is 7.92. The summed E-state index contributed by atoms with van der Waals surface area (Å²) in [7, 11) is -0.287. The predicted molar refractivity (Wildman–Crippen MR) is 155 cm³/mol. The molecule has 3 N–H and O–H groups in total. The molecule has 0 unspecified atom stereocenters. The van der Waals surface area contributed by atoms with Crippen LogP contribution in [0.2, 0.25) is 0 Å². The first kappa shape index (κ1) is 28.7. The monoisotopic (exact) mass is 557 g/mol. The number of carbonyl (C=O) groups excluding carboxylic acids is 1. The summed E-state index contributed by atoms with van der Waals surface area (Å²) in [6.07, 6.45) is 1.46. The normalized spacial score (nSPS) is 15.1. The van der Waals surface area contributed by atoms with E-state index in [1.165, 1.54) is 12.7 Å². The van der Waals surface area contributed by atoms with Crippen LogP contribution in [0, 0.1) is 0 Å². The Morgan fingerprint density at radius 1 is 1.10 bits per heavy atom. The first-order valence-corrected chi connectivity index (χ1v) is 14.9. The summed E-state index contributed by atoms with van der Waals surface area (Å²) in [5.74, 6) is 0.588. The van der Waals surface area contributed by atoms with Crippen LogP contribution in [-0.2, 0) is 29.0 Å². The topological polar surface area (TPSA) is 114 Å². The Morgan fingerprint density at radius 3 is 2.54 bits per heavy atom. The molecule has 212 valence electrons. The van der Waals surface area contributed by atoms with Crippen LogP contribution in [0.4, 0.5) is 16.2 Å². The van der Waals surface area contributed by atoms with Gasteiger partial charge in [0.2, 0.25) is 15.9 Å². The second-order valence-corrected chi connectivity index (χ2v) is 12.8. The zero-order chi connectivity index (χ0) is 28.4. The van der Waals surface area contributed by atoms with E-state index in [4.69, 9.17) is 9.47 Å². The summed E-state index contributed by atoms with van der Waals surface area (Å²) in [4.78, 5) is 15.6. The van der Waals surface area contributed by atoms with Crippen LogP contribution in [0.15, 0.2) is 36.4 Å². The van der Waals surface area contributed by atoms with Crippen molar-refractivity contribution in [3.63, 3.8) is 0 Å². The van der Waals surface area contributed by atoms with Crippen molar-refractivity contribution in [1.29, 1.82) is 0 Å². The van der Waals surface area contributed by atoms with Crippen molar-refractivity contribution in [1.82, 2.24) is 14.8 Å². The number of hydrogen-bond acceptors (Lipinski definition) is 7. The number of ether oxygens (including phenoxy) is 2. The molecule has 0 bridgehead atoms. The molecule has 11 heteroatoms. The standard InChI is InChI=1S/C28H39N5O5S/c1-28(2,3)21-16-22(26(37-5)23(17-21)31-39(6,35)36)30-27(34)38-24-15-19-9-7-10-20(25(19)32(24)4)18-33-13-8-11-29-12-14-33/h7,9-10,15-17,29,31H,8,11-14,18H2,1-6H3,(H,30,34). The van der Waals surface area contributed by atoms with Crippen LogP contribution in [0.25, 0.3) is 10.9 Å². The van der Waals surface area contributed by atoms with E-state index < -0.39 is 16.1 Å². The number of para-hydroxylation sites is 1. The van der Waals surface area contributed by atoms with E-state index in [0.29, 0.717) is 11.6 Å². The Labute approximate surface area is 230 Å². The largest absolute Gasteiger partial charge is 0.492 e. The summed E-state index contributed by atoms with van der Waals surface area (Å²) in [5.41, 5.74) is 3.21. The number of aromatic nitrogens is 1. The fourth-order valence-corrected chi connectivity index (χ4v) is 5.43. The van der Waals surface area contributed by atoms with E-state index in [1.807, 2.05) is 50.6 Å². The maximum absolute atomic E-state index is 13.1. The number of benzene rings is 2. The number of amides is 1. The van der Waals surface area contributed by atoms with Gasteiger partial charge in [0.05, 0.1) is 30.3 Å². The van der Waals surface area contributed by atoms with Gasteiger partial charge in [0.25, 0.3) is 0 Å². The lowest BCUT2D eigenvalue weighted by atomic mass is 9.86. The van der Waals surface area contributed by atoms with Crippen LogP contribution in [0.3, 0.4) is 0 Å². The van der Waals surface area contributed by atoms with Gasteiger partial charge in [-0.3, -0.25) is 14.9 Å². The lowest BCUT2D eigenvalue weighted by Gasteiger charge is -2.23.